The largest absolute Gasteiger partial charge is 0.481 e. The van der Waals surface area contributed by atoms with Crippen LogP contribution in [0.4, 0.5) is 0 Å². The molecule has 0 aromatic heterocycles. The van der Waals surface area contributed by atoms with Gasteiger partial charge in [-0.1, -0.05) is 34.1 Å². The number of carboxylic acid groups (broad SMARTS) is 1. The highest BCUT2D eigenvalue weighted by Crippen LogP contribution is 2.22. The molecule has 0 radical (unpaired) electrons. The first kappa shape index (κ1) is 13.2. The highest BCUT2D eigenvalue weighted by molar-refractivity contribution is 9.10. The van der Waals surface area contributed by atoms with Crippen LogP contribution in [0, 0.1) is 0 Å². The highest BCUT2D eigenvalue weighted by atomic mass is 79.9. The topological polar surface area (TPSA) is 57.5 Å². The van der Waals surface area contributed by atoms with Crippen LogP contribution in [-0.4, -0.2) is 21.8 Å². The predicted octanol–water partition coefficient (Wildman–Crippen LogP) is 2.61. The fourth-order valence-corrected chi connectivity index (χ4v) is 2.00. The van der Waals surface area contributed by atoms with Crippen LogP contribution in [-0.2, 0) is 11.2 Å². The zero-order valence-corrected chi connectivity index (χ0v) is 10.7. The zero-order chi connectivity index (χ0) is 12.2. The standard InChI is InChI=1S/C12H15BrO3/c1-12(16,8-11(14)15)7-6-9-4-2-3-5-10(9)13/h2-5,16H,6-8H2,1H3,(H,14,15). The number of aliphatic carboxylic acids is 1. The van der Waals surface area contributed by atoms with Crippen molar-refractivity contribution in [2.45, 2.75) is 31.8 Å². The van der Waals surface area contributed by atoms with Gasteiger partial charge in [0.15, 0.2) is 0 Å². The first-order valence-electron chi connectivity index (χ1n) is 5.08. The third-order valence-corrected chi connectivity index (χ3v) is 3.20. The molecule has 16 heavy (non-hydrogen) atoms. The van der Waals surface area contributed by atoms with E-state index in [1.54, 1.807) is 6.92 Å². The Morgan fingerprint density at radius 3 is 2.62 bits per heavy atom. The zero-order valence-electron chi connectivity index (χ0n) is 9.11. The van der Waals surface area contributed by atoms with Crippen LogP contribution in [0.1, 0.15) is 25.3 Å². The summed E-state index contributed by atoms with van der Waals surface area (Å²) in [5.41, 5.74) is -0.0747. The first-order chi connectivity index (χ1) is 7.41. The van der Waals surface area contributed by atoms with Gasteiger partial charge in [-0.3, -0.25) is 4.79 Å². The summed E-state index contributed by atoms with van der Waals surface area (Å²) in [6, 6.07) is 7.73. The van der Waals surface area contributed by atoms with Gasteiger partial charge >= 0.3 is 5.97 Å². The van der Waals surface area contributed by atoms with Crippen LogP contribution in [0.25, 0.3) is 0 Å². The van der Waals surface area contributed by atoms with Crippen molar-refractivity contribution in [1.29, 1.82) is 0 Å². The van der Waals surface area contributed by atoms with E-state index in [0.717, 1.165) is 10.0 Å². The van der Waals surface area contributed by atoms with Crippen LogP contribution in [0.2, 0.25) is 0 Å². The summed E-state index contributed by atoms with van der Waals surface area (Å²) in [5.74, 6) is -0.975. The number of hydrogen-bond donors (Lipinski definition) is 2. The molecule has 0 spiro atoms. The molecule has 0 aliphatic heterocycles. The summed E-state index contributed by atoms with van der Waals surface area (Å²) in [6.07, 6.45) is 0.862. The smallest absolute Gasteiger partial charge is 0.306 e. The Bertz CT molecular complexity index is 374. The molecule has 1 aromatic carbocycles. The van der Waals surface area contributed by atoms with E-state index in [1.807, 2.05) is 24.3 Å². The summed E-state index contributed by atoms with van der Waals surface area (Å²) in [4.78, 5) is 10.5. The molecule has 0 aliphatic rings. The van der Waals surface area contributed by atoms with Gasteiger partial charge in [-0.15, -0.1) is 0 Å². The van der Waals surface area contributed by atoms with Gasteiger partial charge in [0.2, 0.25) is 0 Å². The van der Waals surface area contributed by atoms with E-state index in [1.165, 1.54) is 0 Å². The van der Waals surface area contributed by atoms with Gasteiger partial charge in [0.25, 0.3) is 0 Å². The van der Waals surface area contributed by atoms with Crippen molar-refractivity contribution >= 4 is 21.9 Å². The fourth-order valence-electron chi connectivity index (χ4n) is 1.52. The van der Waals surface area contributed by atoms with Crippen molar-refractivity contribution in [3.8, 4) is 0 Å². The summed E-state index contributed by atoms with van der Waals surface area (Å²) in [5, 5.41) is 18.5. The van der Waals surface area contributed by atoms with Crippen LogP contribution in [0.3, 0.4) is 0 Å². The monoisotopic (exact) mass is 286 g/mol. The van der Waals surface area contributed by atoms with Gasteiger partial charge in [0, 0.05) is 4.47 Å². The quantitative estimate of drug-likeness (QED) is 0.875. The molecule has 88 valence electrons. The minimum atomic E-state index is -1.15. The second-order valence-electron chi connectivity index (χ2n) is 4.16. The number of aliphatic hydroxyl groups is 1. The summed E-state index contributed by atoms with van der Waals surface area (Å²) < 4.78 is 0.987. The van der Waals surface area contributed by atoms with Crippen molar-refractivity contribution in [2.24, 2.45) is 0 Å². The van der Waals surface area contributed by atoms with E-state index in [9.17, 15) is 9.90 Å². The van der Waals surface area contributed by atoms with Crippen molar-refractivity contribution < 1.29 is 15.0 Å². The number of carboxylic acids is 1. The van der Waals surface area contributed by atoms with Crippen molar-refractivity contribution in [3.05, 3.63) is 34.3 Å². The lowest BCUT2D eigenvalue weighted by atomic mass is 9.94. The third-order valence-electron chi connectivity index (χ3n) is 2.42. The van der Waals surface area contributed by atoms with Crippen LogP contribution in [0.5, 0.6) is 0 Å². The van der Waals surface area contributed by atoms with E-state index in [-0.39, 0.29) is 6.42 Å². The van der Waals surface area contributed by atoms with Gasteiger partial charge in [0.05, 0.1) is 12.0 Å². The molecule has 1 unspecified atom stereocenters. The molecule has 0 fully saturated rings. The number of rotatable bonds is 5. The lowest BCUT2D eigenvalue weighted by Crippen LogP contribution is -2.28. The van der Waals surface area contributed by atoms with Crippen molar-refractivity contribution in [3.63, 3.8) is 0 Å². The van der Waals surface area contributed by atoms with Gasteiger partial charge in [-0.05, 0) is 31.4 Å². The van der Waals surface area contributed by atoms with E-state index < -0.39 is 11.6 Å². The summed E-state index contributed by atoms with van der Waals surface area (Å²) in [7, 11) is 0. The fraction of sp³-hybridized carbons (Fsp3) is 0.417. The maximum atomic E-state index is 10.5. The lowest BCUT2D eigenvalue weighted by molar-refractivity contribution is -0.142. The Labute approximate surface area is 103 Å². The van der Waals surface area contributed by atoms with Crippen molar-refractivity contribution in [1.82, 2.24) is 0 Å². The molecule has 0 amide bonds. The number of halogens is 1. The van der Waals surface area contributed by atoms with E-state index >= 15 is 0 Å². The highest BCUT2D eigenvalue weighted by Gasteiger charge is 2.23. The number of carbonyl (C=O) groups is 1. The minimum absolute atomic E-state index is 0.225. The molecule has 3 nitrogen and oxygen atoms in total. The molecule has 0 heterocycles. The Hall–Kier alpha value is -0.870. The van der Waals surface area contributed by atoms with Gasteiger partial charge in [0.1, 0.15) is 0 Å². The van der Waals surface area contributed by atoms with E-state index in [0.29, 0.717) is 12.8 Å². The van der Waals surface area contributed by atoms with Crippen LogP contribution < -0.4 is 0 Å². The minimum Gasteiger partial charge on any atom is -0.481 e. The van der Waals surface area contributed by atoms with Gasteiger partial charge in [-0.25, -0.2) is 0 Å². The van der Waals surface area contributed by atoms with Crippen molar-refractivity contribution in [2.75, 3.05) is 0 Å². The SMILES string of the molecule is CC(O)(CCc1ccccc1Br)CC(=O)O. The second-order valence-corrected chi connectivity index (χ2v) is 5.01. The molecule has 1 aromatic rings. The van der Waals surface area contributed by atoms with Gasteiger partial charge in [-0.2, -0.15) is 0 Å². The molecular weight excluding hydrogens is 272 g/mol. The Balaban J connectivity index is 2.57. The second kappa shape index (κ2) is 5.46. The maximum Gasteiger partial charge on any atom is 0.306 e. The molecule has 0 bridgehead atoms. The third kappa shape index (κ3) is 4.33. The molecule has 0 saturated carbocycles. The Kier molecular flexibility index (Phi) is 4.50. The average molecular weight is 287 g/mol. The molecule has 0 aliphatic carbocycles. The van der Waals surface area contributed by atoms with Crippen LogP contribution in [0.15, 0.2) is 28.7 Å². The predicted molar refractivity (Wildman–Crippen MR) is 65.3 cm³/mol. The van der Waals surface area contributed by atoms with Crippen LogP contribution >= 0.6 is 15.9 Å². The normalized spacial score (nSPS) is 14.4. The molecule has 1 rings (SSSR count). The molecule has 2 N–H and O–H groups in total. The summed E-state index contributed by atoms with van der Waals surface area (Å²) >= 11 is 3.42. The lowest BCUT2D eigenvalue weighted by Gasteiger charge is -2.21. The number of aryl methyl sites for hydroxylation is 1. The average Bonchev–Trinajstić information content (AvgIpc) is 2.14. The Morgan fingerprint density at radius 2 is 2.06 bits per heavy atom. The van der Waals surface area contributed by atoms with E-state index in [2.05, 4.69) is 15.9 Å². The molecular formula is C12H15BrO3. The van der Waals surface area contributed by atoms with E-state index in [4.69, 9.17) is 5.11 Å². The molecule has 1 atom stereocenters. The first-order valence-corrected chi connectivity index (χ1v) is 5.87. The Morgan fingerprint density at radius 1 is 1.44 bits per heavy atom. The summed E-state index contributed by atoms with van der Waals surface area (Å²) in [6.45, 7) is 1.55. The maximum absolute atomic E-state index is 10.5. The number of benzene rings is 1. The molecule has 4 heteroatoms. The number of hydrogen-bond acceptors (Lipinski definition) is 2. The van der Waals surface area contributed by atoms with Gasteiger partial charge < -0.3 is 10.2 Å². The molecule has 0 saturated heterocycles.